The van der Waals surface area contributed by atoms with Crippen LogP contribution in [0.4, 0.5) is 10.1 Å². The Balaban J connectivity index is 1.35. The van der Waals surface area contributed by atoms with Crippen LogP contribution in [0.25, 0.3) is 0 Å². The topological polar surface area (TPSA) is 30.5 Å². The van der Waals surface area contributed by atoms with Gasteiger partial charge in [0.15, 0.2) is 0 Å². The van der Waals surface area contributed by atoms with Crippen molar-refractivity contribution in [2.45, 2.75) is 6.04 Å². The summed E-state index contributed by atoms with van der Waals surface area (Å²) in [6.07, 6.45) is 0. The normalized spacial score (nSPS) is 24.6. The van der Waals surface area contributed by atoms with Crippen molar-refractivity contribution in [2.75, 3.05) is 44.2 Å². The Morgan fingerprint density at radius 3 is 2.40 bits per heavy atom. The number of hydrogen-bond acceptors (Lipinski definition) is 4. The van der Waals surface area contributed by atoms with Gasteiger partial charge in [-0.3, -0.25) is 10.3 Å². The minimum atomic E-state index is -0.121. The molecule has 5 heteroatoms. The Kier molecular flexibility index (Phi) is 4.97. The lowest BCUT2D eigenvalue weighted by atomic mass is 9.94. The van der Waals surface area contributed by atoms with E-state index in [-0.39, 0.29) is 5.82 Å². The standard InChI is InChI=1S/C20H25FN4/c21-18-8-4-5-9-19(18)25-12-10-24(11-13-25)15-17-14-22-23-20(17)16-6-2-1-3-7-16/h1-9,17,20,22-23H,10-15H2. The molecule has 25 heavy (non-hydrogen) atoms. The summed E-state index contributed by atoms with van der Waals surface area (Å²) < 4.78 is 14.0. The summed E-state index contributed by atoms with van der Waals surface area (Å²) in [6.45, 7) is 5.76. The first-order chi connectivity index (χ1) is 12.3. The first kappa shape index (κ1) is 16.5. The van der Waals surface area contributed by atoms with E-state index in [1.54, 1.807) is 12.1 Å². The molecule has 4 rings (SSSR count). The van der Waals surface area contributed by atoms with Crippen molar-refractivity contribution in [1.29, 1.82) is 0 Å². The van der Waals surface area contributed by atoms with Crippen LogP contribution < -0.4 is 15.8 Å². The smallest absolute Gasteiger partial charge is 0.146 e. The van der Waals surface area contributed by atoms with Crippen LogP contribution in [0.1, 0.15) is 11.6 Å². The molecular weight excluding hydrogens is 315 g/mol. The summed E-state index contributed by atoms with van der Waals surface area (Å²) in [5.74, 6) is 0.423. The second kappa shape index (κ2) is 7.52. The predicted molar refractivity (Wildman–Crippen MR) is 98.9 cm³/mol. The Bertz CT molecular complexity index is 685. The van der Waals surface area contributed by atoms with E-state index in [0.717, 1.165) is 45.0 Å². The van der Waals surface area contributed by atoms with Gasteiger partial charge in [-0.25, -0.2) is 9.82 Å². The van der Waals surface area contributed by atoms with Gasteiger partial charge < -0.3 is 4.90 Å². The molecule has 132 valence electrons. The van der Waals surface area contributed by atoms with Gasteiger partial charge in [0.2, 0.25) is 0 Å². The van der Waals surface area contributed by atoms with Crippen molar-refractivity contribution >= 4 is 5.69 Å². The van der Waals surface area contributed by atoms with Crippen molar-refractivity contribution in [3.05, 3.63) is 66.0 Å². The maximum atomic E-state index is 14.0. The third-order valence-electron chi connectivity index (χ3n) is 5.31. The van der Waals surface area contributed by atoms with Crippen LogP contribution in [-0.2, 0) is 0 Å². The zero-order chi connectivity index (χ0) is 17.1. The van der Waals surface area contributed by atoms with Gasteiger partial charge in [0, 0.05) is 45.2 Å². The largest absolute Gasteiger partial charge is 0.367 e. The zero-order valence-corrected chi connectivity index (χ0v) is 14.4. The number of anilines is 1. The summed E-state index contributed by atoms with van der Waals surface area (Å²) in [7, 11) is 0. The van der Waals surface area contributed by atoms with Crippen LogP contribution in [0.15, 0.2) is 54.6 Å². The molecule has 0 saturated carbocycles. The van der Waals surface area contributed by atoms with Crippen molar-refractivity contribution in [3.8, 4) is 0 Å². The highest BCUT2D eigenvalue weighted by atomic mass is 19.1. The first-order valence-electron chi connectivity index (χ1n) is 9.06. The fraction of sp³-hybridized carbons (Fsp3) is 0.400. The van der Waals surface area contributed by atoms with Crippen LogP contribution in [-0.4, -0.2) is 44.2 Å². The predicted octanol–water partition coefficient (Wildman–Crippen LogP) is 2.41. The molecule has 0 spiro atoms. The van der Waals surface area contributed by atoms with E-state index in [2.05, 4.69) is 51.0 Å². The quantitative estimate of drug-likeness (QED) is 0.895. The van der Waals surface area contributed by atoms with Gasteiger partial charge in [-0.2, -0.15) is 0 Å². The SMILES string of the molecule is Fc1ccccc1N1CCN(CC2CNNC2c2ccccc2)CC1. The fourth-order valence-corrected chi connectivity index (χ4v) is 3.93. The molecule has 2 atom stereocenters. The van der Waals surface area contributed by atoms with E-state index >= 15 is 0 Å². The lowest BCUT2D eigenvalue weighted by molar-refractivity contribution is 0.214. The number of nitrogens with zero attached hydrogens (tertiary/aromatic N) is 2. The molecule has 2 heterocycles. The average Bonchev–Trinajstić information content (AvgIpc) is 3.12. The summed E-state index contributed by atoms with van der Waals surface area (Å²) in [5.41, 5.74) is 8.80. The molecule has 2 fully saturated rings. The second-order valence-electron chi connectivity index (χ2n) is 6.91. The summed E-state index contributed by atoms with van der Waals surface area (Å²) in [5, 5.41) is 0. The minimum Gasteiger partial charge on any atom is -0.367 e. The van der Waals surface area contributed by atoms with E-state index in [9.17, 15) is 4.39 Å². The molecule has 0 bridgehead atoms. The van der Waals surface area contributed by atoms with Crippen molar-refractivity contribution < 1.29 is 4.39 Å². The van der Waals surface area contributed by atoms with Gasteiger partial charge in [-0.1, -0.05) is 42.5 Å². The lowest BCUT2D eigenvalue weighted by Gasteiger charge is -2.37. The van der Waals surface area contributed by atoms with Gasteiger partial charge >= 0.3 is 0 Å². The van der Waals surface area contributed by atoms with Gasteiger partial charge in [0.25, 0.3) is 0 Å². The minimum absolute atomic E-state index is 0.121. The number of hydrazine groups is 1. The summed E-state index contributed by atoms with van der Waals surface area (Å²) in [6, 6.07) is 18.1. The molecule has 2 aliphatic rings. The molecule has 2 aromatic rings. The molecule has 2 N–H and O–H groups in total. The maximum Gasteiger partial charge on any atom is 0.146 e. The molecule has 0 aliphatic carbocycles. The van der Waals surface area contributed by atoms with E-state index in [4.69, 9.17) is 0 Å². The Morgan fingerprint density at radius 2 is 1.64 bits per heavy atom. The summed E-state index contributed by atoms with van der Waals surface area (Å²) >= 11 is 0. The molecule has 0 amide bonds. The lowest BCUT2D eigenvalue weighted by Crippen LogP contribution is -2.48. The molecule has 4 nitrogen and oxygen atoms in total. The number of halogens is 1. The average molecular weight is 340 g/mol. The van der Waals surface area contributed by atoms with Gasteiger partial charge in [-0.05, 0) is 17.7 Å². The zero-order valence-electron chi connectivity index (χ0n) is 14.4. The Morgan fingerprint density at radius 1 is 0.920 bits per heavy atom. The second-order valence-corrected chi connectivity index (χ2v) is 6.91. The number of rotatable bonds is 4. The summed E-state index contributed by atoms with van der Waals surface area (Å²) in [4.78, 5) is 4.66. The van der Waals surface area contributed by atoms with Gasteiger partial charge in [-0.15, -0.1) is 0 Å². The molecule has 0 aromatic heterocycles. The highest BCUT2D eigenvalue weighted by molar-refractivity contribution is 5.48. The Hall–Kier alpha value is -1.95. The van der Waals surface area contributed by atoms with E-state index in [0.29, 0.717) is 12.0 Å². The van der Waals surface area contributed by atoms with Gasteiger partial charge in [0.1, 0.15) is 5.82 Å². The van der Waals surface area contributed by atoms with Crippen LogP contribution in [0.2, 0.25) is 0 Å². The first-order valence-corrected chi connectivity index (χ1v) is 9.06. The van der Waals surface area contributed by atoms with Crippen molar-refractivity contribution in [1.82, 2.24) is 15.8 Å². The number of benzene rings is 2. The Labute approximate surface area is 148 Å². The highest BCUT2D eigenvalue weighted by Gasteiger charge is 2.30. The van der Waals surface area contributed by atoms with Crippen molar-refractivity contribution in [3.63, 3.8) is 0 Å². The van der Waals surface area contributed by atoms with Crippen LogP contribution >= 0.6 is 0 Å². The number of hydrogen-bond donors (Lipinski definition) is 2. The van der Waals surface area contributed by atoms with E-state index in [1.165, 1.54) is 5.56 Å². The molecule has 2 saturated heterocycles. The molecule has 2 aliphatic heterocycles. The van der Waals surface area contributed by atoms with Crippen LogP contribution in [0, 0.1) is 11.7 Å². The molecule has 2 unspecified atom stereocenters. The molecule has 0 radical (unpaired) electrons. The van der Waals surface area contributed by atoms with Crippen molar-refractivity contribution in [2.24, 2.45) is 5.92 Å². The van der Waals surface area contributed by atoms with E-state index in [1.807, 2.05) is 12.1 Å². The third-order valence-corrected chi connectivity index (χ3v) is 5.31. The molecular formula is C20H25FN4. The highest BCUT2D eigenvalue weighted by Crippen LogP contribution is 2.26. The van der Waals surface area contributed by atoms with E-state index < -0.39 is 0 Å². The molecule has 2 aromatic carbocycles. The number of para-hydroxylation sites is 1. The number of nitrogens with one attached hydrogen (secondary N) is 2. The number of piperazine rings is 1. The third kappa shape index (κ3) is 3.68. The van der Waals surface area contributed by atoms with Crippen LogP contribution in [0.5, 0.6) is 0 Å². The maximum absolute atomic E-state index is 14.0. The van der Waals surface area contributed by atoms with Gasteiger partial charge in [0.05, 0.1) is 11.7 Å². The fourth-order valence-electron chi connectivity index (χ4n) is 3.93. The monoisotopic (exact) mass is 340 g/mol. The van der Waals surface area contributed by atoms with Crippen LogP contribution in [0.3, 0.4) is 0 Å².